The number of carboxylic acids is 1. The Morgan fingerprint density at radius 1 is 1.17 bits per heavy atom. The summed E-state index contributed by atoms with van der Waals surface area (Å²) in [5.41, 5.74) is -1.94. The van der Waals surface area contributed by atoms with Gasteiger partial charge < -0.3 is 10.4 Å². The maximum atomic E-state index is 12.9. The molecule has 1 atom stereocenters. The first-order valence-electron chi connectivity index (χ1n) is 6.76. The number of hydrogen-bond acceptors (Lipinski definition) is 2. The predicted molar refractivity (Wildman–Crippen MR) is 74.0 cm³/mol. The Bertz CT molecular complexity index is 567. The van der Waals surface area contributed by atoms with Gasteiger partial charge in [-0.3, -0.25) is 9.59 Å². The third-order valence-electron chi connectivity index (χ3n) is 3.36. The van der Waals surface area contributed by atoms with E-state index in [1.807, 2.05) is 0 Å². The van der Waals surface area contributed by atoms with Gasteiger partial charge in [-0.2, -0.15) is 13.2 Å². The summed E-state index contributed by atoms with van der Waals surface area (Å²) in [6, 6.07) is 3.67. The molecule has 1 unspecified atom stereocenters. The molecule has 2 N–H and O–H groups in total. The van der Waals surface area contributed by atoms with Gasteiger partial charge in [0.05, 0.1) is 17.9 Å². The largest absolute Gasteiger partial charge is 0.481 e. The summed E-state index contributed by atoms with van der Waals surface area (Å²) in [7, 11) is 0. The van der Waals surface area contributed by atoms with Crippen LogP contribution in [0.1, 0.15) is 38.3 Å². The number of halogens is 4. The van der Waals surface area contributed by atoms with E-state index in [0.717, 1.165) is 26.0 Å². The predicted octanol–water partition coefficient (Wildman–Crippen LogP) is 3.44. The van der Waals surface area contributed by atoms with Crippen molar-refractivity contribution in [1.82, 2.24) is 5.32 Å². The van der Waals surface area contributed by atoms with Gasteiger partial charge in [0.1, 0.15) is 5.82 Å². The van der Waals surface area contributed by atoms with Crippen molar-refractivity contribution in [3.05, 3.63) is 35.6 Å². The van der Waals surface area contributed by atoms with Gasteiger partial charge >= 0.3 is 12.1 Å². The van der Waals surface area contributed by atoms with Crippen LogP contribution in [0.15, 0.2) is 24.3 Å². The highest BCUT2D eigenvalue weighted by molar-refractivity contribution is 5.78. The molecule has 0 aliphatic rings. The van der Waals surface area contributed by atoms with Gasteiger partial charge in [-0.15, -0.1) is 0 Å². The lowest BCUT2D eigenvalue weighted by Crippen LogP contribution is -2.39. The third kappa shape index (κ3) is 5.54. The molecule has 0 fully saturated rings. The molecule has 128 valence electrons. The topological polar surface area (TPSA) is 66.4 Å². The lowest BCUT2D eigenvalue weighted by molar-refractivity contribution is -0.213. The Balaban J connectivity index is 2.87. The lowest BCUT2D eigenvalue weighted by atomic mass is 9.88. The number of aliphatic carboxylic acids is 1. The minimum absolute atomic E-state index is 0.298. The summed E-state index contributed by atoms with van der Waals surface area (Å²) < 4.78 is 51.3. The number of benzene rings is 1. The summed E-state index contributed by atoms with van der Waals surface area (Å²) in [5.74, 6) is -2.72. The molecule has 0 heterocycles. The van der Waals surface area contributed by atoms with Crippen LogP contribution < -0.4 is 5.32 Å². The maximum absolute atomic E-state index is 12.9. The monoisotopic (exact) mass is 335 g/mol. The van der Waals surface area contributed by atoms with Crippen molar-refractivity contribution in [2.24, 2.45) is 5.41 Å². The number of carbonyl (C=O) groups excluding carboxylic acids is 1. The van der Waals surface area contributed by atoms with E-state index < -0.39 is 48.2 Å². The molecule has 0 bridgehead atoms. The molecular formula is C15H17F4NO3. The van der Waals surface area contributed by atoms with Gasteiger partial charge in [0.15, 0.2) is 0 Å². The molecule has 1 rings (SSSR count). The minimum Gasteiger partial charge on any atom is -0.481 e. The Hall–Kier alpha value is -2.12. The summed E-state index contributed by atoms with van der Waals surface area (Å²) in [5, 5.41) is 11.1. The van der Waals surface area contributed by atoms with Gasteiger partial charge in [-0.05, 0) is 17.7 Å². The fraction of sp³-hybridized carbons (Fsp3) is 0.467. The fourth-order valence-corrected chi connectivity index (χ4v) is 1.87. The minimum atomic E-state index is -4.57. The zero-order valence-electron chi connectivity index (χ0n) is 12.6. The smallest absolute Gasteiger partial charge is 0.394 e. The molecule has 0 aliphatic heterocycles. The van der Waals surface area contributed by atoms with E-state index in [9.17, 15) is 27.2 Å². The molecule has 0 spiro atoms. The lowest BCUT2D eigenvalue weighted by Gasteiger charge is -2.28. The zero-order valence-corrected chi connectivity index (χ0v) is 12.6. The Morgan fingerprint density at radius 3 is 2.13 bits per heavy atom. The quantitative estimate of drug-likeness (QED) is 0.783. The van der Waals surface area contributed by atoms with Crippen LogP contribution in [0.5, 0.6) is 0 Å². The summed E-state index contributed by atoms with van der Waals surface area (Å²) in [6.07, 6.45) is -5.93. The molecule has 0 aromatic heterocycles. The van der Waals surface area contributed by atoms with E-state index in [-0.39, 0.29) is 0 Å². The van der Waals surface area contributed by atoms with Gasteiger partial charge in [0.2, 0.25) is 5.91 Å². The standard InChI is InChI=1S/C15H17F4NO3/c1-14(2,15(17,18)19)8-12(21)20-11(7-13(22)23)9-3-5-10(16)6-4-9/h3-6,11H,7-8H2,1-2H3,(H,20,21)(H,22,23). The highest BCUT2D eigenvalue weighted by Gasteiger charge is 2.48. The molecule has 0 saturated carbocycles. The molecule has 8 heteroatoms. The van der Waals surface area contributed by atoms with E-state index in [4.69, 9.17) is 5.11 Å². The van der Waals surface area contributed by atoms with Crippen LogP contribution in [0.4, 0.5) is 17.6 Å². The van der Waals surface area contributed by atoms with Crippen molar-refractivity contribution >= 4 is 11.9 Å². The van der Waals surface area contributed by atoms with Gasteiger partial charge in [-0.1, -0.05) is 26.0 Å². The second-order valence-electron chi connectivity index (χ2n) is 5.83. The Kier molecular flexibility index (Phi) is 5.74. The Morgan fingerprint density at radius 2 is 1.70 bits per heavy atom. The second kappa shape index (κ2) is 6.97. The second-order valence-corrected chi connectivity index (χ2v) is 5.83. The highest BCUT2D eigenvalue weighted by Crippen LogP contribution is 2.40. The third-order valence-corrected chi connectivity index (χ3v) is 3.36. The first kappa shape index (κ1) is 18.9. The van der Waals surface area contributed by atoms with Crippen LogP contribution in [0.2, 0.25) is 0 Å². The Labute approximate surface area is 130 Å². The van der Waals surface area contributed by atoms with Crippen molar-refractivity contribution in [1.29, 1.82) is 0 Å². The number of nitrogens with one attached hydrogen (secondary N) is 1. The number of hydrogen-bond donors (Lipinski definition) is 2. The van der Waals surface area contributed by atoms with Crippen LogP contribution in [-0.2, 0) is 9.59 Å². The summed E-state index contributed by atoms with van der Waals surface area (Å²) >= 11 is 0. The van der Waals surface area contributed by atoms with Gasteiger partial charge in [0, 0.05) is 6.42 Å². The fourth-order valence-electron chi connectivity index (χ4n) is 1.87. The van der Waals surface area contributed by atoms with Crippen LogP contribution in [0, 0.1) is 11.2 Å². The molecule has 1 amide bonds. The van der Waals surface area contributed by atoms with E-state index in [1.54, 1.807) is 0 Å². The van der Waals surface area contributed by atoms with Crippen molar-refractivity contribution < 1.29 is 32.3 Å². The average Bonchev–Trinajstić information content (AvgIpc) is 2.36. The van der Waals surface area contributed by atoms with Crippen molar-refractivity contribution in [2.75, 3.05) is 0 Å². The van der Waals surface area contributed by atoms with Crippen molar-refractivity contribution in [3.63, 3.8) is 0 Å². The number of alkyl halides is 3. The normalized spacial score (nSPS) is 13.5. The number of rotatable bonds is 6. The molecule has 0 radical (unpaired) electrons. The maximum Gasteiger partial charge on any atom is 0.394 e. The molecule has 1 aromatic carbocycles. The average molecular weight is 335 g/mol. The summed E-state index contributed by atoms with van der Waals surface area (Å²) in [4.78, 5) is 22.7. The van der Waals surface area contributed by atoms with Crippen molar-refractivity contribution in [2.45, 2.75) is 38.9 Å². The number of carbonyl (C=O) groups is 2. The van der Waals surface area contributed by atoms with E-state index >= 15 is 0 Å². The molecule has 0 aliphatic carbocycles. The zero-order chi connectivity index (χ0) is 17.8. The van der Waals surface area contributed by atoms with E-state index in [1.165, 1.54) is 12.1 Å². The van der Waals surface area contributed by atoms with E-state index in [2.05, 4.69) is 5.32 Å². The van der Waals surface area contributed by atoms with Crippen LogP contribution >= 0.6 is 0 Å². The first-order chi connectivity index (χ1) is 10.4. The number of amides is 1. The van der Waals surface area contributed by atoms with Crippen molar-refractivity contribution in [3.8, 4) is 0 Å². The SMILES string of the molecule is CC(C)(CC(=O)NC(CC(=O)O)c1ccc(F)cc1)C(F)(F)F. The molecule has 23 heavy (non-hydrogen) atoms. The molecular weight excluding hydrogens is 318 g/mol. The van der Waals surface area contributed by atoms with Crippen LogP contribution in [0.3, 0.4) is 0 Å². The number of carboxylic acid groups (broad SMARTS) is 1. The molecule has 0 saturated heterocycles. The van der Waals surface area contributed by atoms with Gasteiger partial charge in [-0.25, -0.2) is 4.39 Å². The van der Waals surface area contributed by atoms with Crippen LogP contribution in [-0.4, -0.2) is 23.2 Å². The molecule has 1 aromatic rings. The van der Waals surface area contributed by atoms with E-state index in [0.29, 0.717) is 5.56 Å². The van der Waals surface area contributed by atoms with Gasteiger partial charge in [0.25, 0.3) is 0 Å². The first-order valence-corrected chi connectivity index (χ1v) is 6.76. The molecule has 4 nitrogen and oxygen atoms in total. The summed E-state index contributed by atoms with van der Waals surface area (Å²) in [6.45, 7) is 1.77. The highest BCUT2D eigenvalue weighted by atomic mass is 19.4. The van der Waals surface area contributed by atoms with Crippen LogP contribution in [0.25, 0.3) is 0 Å².